The van der Waals surface area contributed by atoms with Gasteiger partial charge in [0.2, 0.25) is 10.0 Å². The summed E-state index contributed by atoms with van der Waals surface area (Å²) in [7, 11) is -3.60. The Morgan fingerprint density at radius 2 is 2.10 bits per heavy atom. The topological polar surface area (TPSA) is 89.5 Å². The number of hydrogen-bond donors (Lipinski definition) is 2. The molecule has 0 spiro atoms. The van der Waals surface area contributed by atoms with Gasteiger partial charge in [0.1, 0.15) is 10.6 Å². The molecule has 0 saturated carbocycles. The molecule has 0 aliphatic carbocycles. The molecule has 1 atom stereocenters. The highest BCUT2D eigenvalue weighted by atomic mass is 32.2. The highest BCUT2D eigenvalue weighted by Crippen LogP contribution is 2.27. The van der Waals surface area contributed by atoms with E-state index in [9.17, 15) is 13.5 Å². The van der Waals surface area contributed by atoms with Gasteiger partial charge in [-0.05, 0) is 26.4 Å². The zero-order chi connectivity index (χ0) is 15.6. The Morgan fingerprint density at radius 1 is 1.43 bits per heavy atom. The molecular formula is C13H24N4O3S. The van der Waals surface area contributed by atoms with E-state index in [1.807, 2.05) is 0 Å². The molecule has 1 aliphatic heterocycles. The number of sulfonamides is 1. The van der Waals surface area contributed by atoms with Crippen molar-refractivity contribution in [1.29, 1.82) is 0 Å². The van der Waals surface area contributed by atoms with Crippen molar-refractivity contribution in [1.82, 2.24) is 19.4 Å². The van der Waals surface area contributed by atoms with Crippen LogP contribution in [0.15, 0.2) is 4.90 Å². The average molecular weight is 316 g/mol. The predicted octanol–water partition coefficient (Wildman–Crippen LogP) is 0.315. The molecule has 0 amide bonds. The van der Waals surface area contributed by atoms with Crippen LogP contribution in [0.25, 0.3) is 0 Å². The Balaban J connectivity index is 2.24. The molecule has 0 radical (unpaired) electrons. The first-order valence-corrected chi connectivity index (χ1v) is 8.78. The van der Waals surface area contributed by atoms with Crippen molar-refractivity contribution in [2.75, 3.05) is 26.2 Å². The van der Waals surface area contributed by atoms with Crippen LogP contribution in [0.3, 0.4) is 0 Å². The molecule has 1 saturated heterocycles. The number of H-pyrrole nitrogens is 1. The van der Waals surface area contributed by atoms with Crippen LogP contribution in [0, 0.1) is 6.92 Å². The number of aryl methyl sites for hydroxylation is 1. The number of hydrogen-bond acceptors (Lipinski definition) is 5. The van der Waals surface area contributed by atoms with Crippen LogP contribution in [0.1, 0.15) is 31.7 Å². The molecule has 1 unspecified atom stereocenters. The molecule has 2 N–H and O–H groups in total. The highest BCUT2D eigenvalue weighted by Gasteiger charge is 2.37. The lowest BCUT2D eigenvalue weighted by atomic mass is 10.2. The third-order valence-electron chi connectivity index (χ3n) is 4.16. The monoisotopic (exact) mass is 316 g/mol. The van der Waals surface area contributed by atoms with Gasteiger partial charge in [0.15, 0.2) is 0 Å². The van der Waals surface area contributed by atoms with Gasteiger partial charge in [0, 0.05) is 19.1 Å². The first-order valence-electron chi connectivity index (χ1n) is 7.34. The second-order valence-electron chi connectivity index (χ2n) is 5.31. The fraction of sp³-hybridized carbons (Fsp3) is 0.769. The summed E-state index contributed by atoms with van der Waals surface area (Å²) in [5.74, 6) is 0. The molecule has 21 heavy (non-hydrogen) atoms. The van der Waals surface area contributed by atoms with E-state index in [1.165, 1.54) is 4.31 Å². The molecule has 1 aliphatic rings. The molecule has 120 valence electrons. The number of nitrogens with one attached hydrogen (secondary N) is 1. The number of rotatable bonds is 6. The quantitative estimate of drug-likeness (QED) is 0.789. The Hall–Kier alpha value is -0.960. The summed E-state index contributed by atoms with van der Waals surface area (Å²) in [6.45, 7) is 8.31. The fourth-order valence-electron chi connectivity index (χ4n) is 3.01. The summed E-state index contributed by atoms with van der Waals surface area (Å²) in [4.78, 5) is 2.41. The third-order valence-corrected chi connectivity index (χ3v) is 6.23. The second kappa shape index (κ2) is 6.43. The van der Waals surface area contributed by atoms with Gasteiger partial charge in [-0.3, -0.25) is 10.00 Å². The number of aliphatic hydroxyl groups is 1. The van der Waals surface area contributed by atoms with E-state index in [1.54, 1.807) is 6.92 Å². The maximum atomic E-state index is 12.8. The number of aromatic amines is 1. The SMILES string of the molecule is CCN(CC)C1CCN(S(=O)(=O)c2c(CO)n[nH]c2C)C1. The maximum absolute atomic E-state index is 12.8. The van der Waals surface area contributed by atoms with E-state index in [4.69, 9.17) is 0 Å². The summed E-state index contributed by atoms with van der Waals surface area (Å²) in [5.41, 5.74) is 0.670. The van der Waals surface area contributed by atoms with E-state index < -0.39 is 10.0 Å². The Kier molecular flexibility index (Phi) is 5.03. The van der Waals surface area contributed by atoms with Crippen molar-refractivity contribution in [3.63, 3.8) is 0 Å². The molecule has 2 heterocycles. The number of aliphatic hydroxyl groups excluding tert-OH is 1. The van der Waals surface area contributed by atoms with Gasteiger partial charge in [-0.15, -0.1) is 0 Å². The van der Waals surface area contributed by atoms with Crippen molar-refractivity contribution in [3.05, 3.63) is 11.4 Å². The fourth-order valence-corrected chi connectivity index (χ4v) is 4.83. The van der Waals surface area contributed by atoms with Gasteiger partial charge in [-0.25, -0.2) is 8.42 Å². The Morgan fingerprint density at radius 3 is 2.67 bits per heavy atom. The summed E-state index contributed by atoms with van der Waals surface area (Å²) in [6, 6.07) is 0.263. The molecule has 1 aromatic rings. The second-order valence-corrected chi connectivity index (χ2v) is 7.18. The standard InChI is InChI=1S/C13H24N4O3S/c1-4-16(5-2)11-6-7-17(8-11)21(19,20)13-10(3)14-15-12(13)9-18/h11,18H,4-9H2,1-3H3,(H,14,15). The third kappa shape index (κ3) is 2.98. The minimum Gasteiger partial charge on any atom is -0.390 e. The Labute approximate surface area is 126 Å². The van der Waals surface area contributed by atoms with Crippen molar-refractivity contribution >= 4 is 10.0 Å². The van der Waals surface area contributed by atoms with Crippen LogP contribution >= 0.6 is 0 Å². The largest absolute Gasteiger partial charge is 0.390 e. The van der Waals surface area contributed by atoms with Crippen molar-refractivity contribution in [3.8, 4) is 0 Å². The van der Waals surface area contributed by atoms with Crippen LogP contribution in [0.5, 0.6) is 0 Å². The van der Waals surface area contributed by atoms with Gasteiger partial charge in [-0.2, -0.15) is 9.40 Å². The van der Waals surface area contributed by atoms with Gasteiger partial charge in [-0.1, -0.05) is 13.8 Å². The molecule has 1 fully saturated rings. The maximum Gasteiger partial charge on any atom is 0.246 e. The first kappa shape index (κ1) is 16.4. The van der Waals surface area contributed by atoms with Crippen LogP contribution < -0.4 is 0 Å². The van der Waals surface area contributed by atoms with E-state index in [2.05, 4.69) is 28.9 Å². The smallest absolute Gasteiger partial charge is 0.246 e. The number of aromatic nitrogens is 2. The van der Waals surface area contributed by atoms with E-state index in [0.717, 1.165) is 19.5 Å². The minimum absolute atomic E-state index is 0.130. The van der Waals surface area contributed by atoms with Crippen LogP contribution in [0.4, 0.5) is 0 Å². The lowest BCUT2D eigenvalue weighted by molar-refractivity contribution is 0.224. The Bertz CT molecular complexity index is 580. The number of nitrogens with zero attached hydrogens (tertiary/aromatic N) is 3. The molecule has 8 heteroatoms. The van der Waals surface area contributed by atoms with Gasteiger partial charge in [0.05, 0.1) is 12.3 Å². The van der Waals surface area contributed by atoms with E-state index in [0.29, 0.717) is 18.8 Å². The minimum atomic E-state index is -3.60. The average Bonchev–Trinajstić information content (AvgIpc) is 3.07. The predicted molar refractivity (Wildman–Crippen MR) is 79.3 cm³/mol. The van der Waals surface area contributed by atoms with Gasteiger partial charge < -0.3 is 5.11 Å². The van der Waals surface area contributed by atoms with Crippen molar-refractivity contribution < 1.29 is 13.5 Å². The molecule has 2 rings (SSSR count). The van der Waals surface area contributed by atoms with Crippen molar-refractivity contribution in [2.24, 2.45) is 0 Å². The van der Waals surface area contributed by atoms with Gasteiger partial charge >= 0.3 is 0 Å². The summed E-state index contributed by atoms with van der Waals surface area (Å²) in [6.07, 6.45) is 0.840. The van der Waals surface area contributed by atoms with Crippen LogP contribution in [-0.4, -0.2) is 65.1 Å². The van der Waals surface area contributed by atoms with Crippen LogP contribution in [0.2, 0.25) is 0 Å². The normalized spacial score (nSPS) is 20.5. The summed E-state index contributed by atoms with van der Waals surface area (Å²) >= 11 is 0. The molecule has 0 aromatic carbocycles. The van der Waals surface area contributed by atoms with Crippen molar-refractivity contribution in [2.45, 2.75) is 44.7 Å². The van der Waals surface area contributed by atoms with E-state index in [-0.39, 0.29) is 23.2 Å². The first-order chi connectivity index (χ1) is 9.95. The zero-order valence-corrected chi connectivity index (χ0v) is 13.7. The molecular weight excluding hydrogens is 292 g/mol. The highest BCUT2D eigenvalue weighted by molar-refractivity contribution is 7.89. The molecule has 7 nitrogen and oxygen atoms in total. The van der Waals surface area contributed by atoms with Crippen LogP contribution in [-0.2, 0) is 16.6 Å². The van der Waals surface area contributed by atoms with E-state index >= 15 is 0 Å². The lowest BCUT2D eigenvalue weighted by Crippen LogP contribution is -2.38. The molecule has 0 bridgehead atoms. The summed E-state index contributed by atoms with van der Waals surface area (Å²) in [5, 5.41) is 15.8. The van der Waals surface area contributed by atoms with Gasteiger partial charge in [0.25, 0.3) is 0 Å². The zero-order valence-electron chi connectivity index (χ0n) is 12.8. The molecule has 1 aromatic heterocycles. The lowest BCUT2D eigenvalue weighted by Gasteiger charge is -2.26. The summed E-state index contributed by atoms with van der Waals surface area (Å²) < 4.78 is 27.1. The number of likely N-dealkylation sites (N-methyl/N-ethyl adjacent to an activating group) is 1.